The zero-order valence-corrected chi connectivity index (χ0v) is 17.6. The van der Waals surface area contributed by atoms with Gasteiger partial charge in [-0.2, -0.15) is 8.78 Å². The predicted molar refractivity (Wildman–Crippen MR) is 108 cm³/mol. The third-order valence-electron chi connectivity index (χ3n) is 4.18. The van der Waals surface area contributed by atoms with Gasteiger partial charge in [-0.25, -0.2) is 0 Å². The molecule has 2 aromatic rings. The molecule has 0 fully saturated rings. The molecule has 1 aliphatic heterocycles. The lowest BCUT2D eigenvalue weighted by Gasteiger charge is -2.35. The molecular weight excluding hydrogens is 443 g/mol. The van der Waals surface area contributed by atoms with Gasteiger partial charge >= 0.3 is 6.61 Å². The number of nitrogens with zero attached hydrogens (tertiary/aromatic N) is 1. The minimum absolute atomic E-state index is 0.0590. The fraction of sp³-hybridized carbons (Fsp3) is 0.316. The number of benzene rings is 1. The normalized spacial score (nSPS) is 15.9. The summed E-state index contributed by atoms with van der Waals surface area (Å²) in [6.07, 6.45) is 1.58. The number of hydrogen-bond acceptors (Lipinski definition) is 5. The van der Waals surface area contributed by atoms with Crippen LogP contribution < -0.4 is 20.1 Å². The number of carbonyl (C=O) groups is 2. The molecule has 0 unspecified atom stereocenters. The van der Waals surface area contributed by atoms with E-state index in [-0.39, 0.29) is 38.5 Å². The quantitative estimate of drug-likeness (QED) is 0.672. The van der Waals surface area contributed by atoms with Crippen LogP contribution in [-0.4, -0.2) is 29.5 Å². The van der Waals surface area contributed by atoms with Crippen LogP contribution in [-0.2, 0) is 4.79 Å². The van der Waals surface area contributed by atoms with Crippen molar-refractivity contribution < 1.29 is 27.8 Å². The zero-order chi connectivity index (χ0) is 22.2. The van der Waals surface area contributed by atoms with E-state index in [4.69, 9.17) is 27.9 Å². The number of halogens is 4. The third-order valence-corrected chi connectivity index (χ3v) is 4.76. The Morgan fingerprint density at radius 2 is 1.90 bits per heavy atom. The number of pyridine rings is 1. The average Bonchev–Trinajstić information content (AvgIpc) is 2.63. The highest BCUT2D eigenvalue weighted by atomic mass is 35.5. The van der Waals surface area contributed by atoms with Gasteiger partial charge in [-0.1, -0.05) is 44.0 Å². The van der Waals surface area contributed by atoms with Crippen molar-refractivity contribution in [3.8, 4) is 11.5 Å². The SMILES string of the molecule is CC(C)(C)[C@H]1Oc2c(OC(F)F)ccc(C(=O)Nc3c(Cl)cncc3Cl)c2NC1=O. The summed E-state index contributed by atoms with van der Waals surface area (Å²) in [5.74, 6) is -1.72. The van der Waals surface area contributed by atoms with Gasteiger partial charge in [0.2, 0.25) is 0 Å². The van der Waals surface area contributed by atoms with E-state index < -0.39 is 29.9 Å². The molecule has 0 aliphatic carbocycles. The topological polar surface area (TPSA) is 89.6 Å². The minimum Gasteiger partial charge on any atom is -0.474 e. The van der Waals surface area contributed by atoms with E-state index >= 15 is 0 Å². The standard InChI is InChI=1S/C19H17Cl2F2N3O4/c1-19(2,3)15-17(28)25-12-8(4-5-11(14(12)30-15)29-18(22)23)16(27)26-13-9(20)6-24-7-10(13)21/h4-7,15,18H,1-3H3,(H,25,28)(H,24,26,27)/t15-/m0/s1. The number of alkyl halides is 2. The summed E-state index contributed by atoms with van der Waals surface area (Å²) < 4.78 is 35.9. The first-order valence-electron chi connectivity index (χ1n) is 8.68. The van der Waals surface area contributed by atoms with Crippen LogP contribution in [0, 0.1) is 5.41 Å². The highest BCUT2D eigenvalue weighted by molar-refractivity contribution is 6.39. The molecule has 0 spiro atoms. The maximum Gasteiger partial charge on any atom is 0.387 e. The Morgan fingerprint density at radius 3 is 2.47 bits per heavy atom. The van der Waals surface area contributed by atoms with E-state index in [1.165, 1.54) is 18.5 Å². The molecule has 30 heavy (non-hydrogen) atoms. The van der Waals surface area contributed by atoms with Crippen LogP contribution in [0.5, 0.6) is 11.5 Å². The molecular formula is C19H17Cl2F2N3O4. The molecule has 0 radical (unpaired) electrons. The number of hydrogen-bond donors (Lipinski definition) is 2. The van der Waals surface area contributed by atoms with Gasteiger partial charge in [0.05, 0.1) is 21.3 Å². The van der Waals surface area contributed by atoms with Crippen LogP contribution in [0.1, 0.15) is 31.1 Å². The second-order valence-electron chi connectivity index (χ2n) is 7.48. The molecule has 2 N–H and O–H groups in total. The number of anilines is 2. The summed E-state index contributed by atoms with van der Waals surface area (Å²) >= 11 is 12.0. The summed E-state index contributed by atoms with van der Waals surface area (Å²) in [5, 5.41) is 5.28. The lowest BCUT2D eigenvalue weighted by molar-refractivity contribution is -0.128. The molecule has 1 aliphatic rings. The van der Waals surface area contributed by atoms with Crippen molar-refractivity contribution in [2.24, 2.45) is 5.41 Å². The third kappa shape index (κ3) is 4.41. The van der Waals surface area contributed by atoms with E-state index in [0.717, 1.165) is 6.07 Å². The Hall–Kier alpha value is -2.65. The van der Waals surface area contributed by atoms with E-state index in [1.807, 2.05) is 0 Å². The Bertz CT molecular complexity index is 992. The summed E-state index contributed by atoms with van der Waals surface area (Å²) in [5.41, 5.74) is -0.704. The van der Waals surface area contributed by atoms with E-state index in [9.17, 15) is 18.4 Å². The lowest BCUT2D eigenvalue weighted by Crippen LogP contribution is -2.46. The average molecular weight is 460 g/mol. The molecule has 3 rings (SSSR count). The van der Waals surface area contributed by atoms with E-state index in [1.54, 1.807) is 20.8 Å². The van der Waals surface area contributed by atoms with Crippen molar-refractivity contribution in [3.05, 3.63) is 40.1 Å². The number of nitrogens with one attached hydrogen (secondary N) is 2. The molecule has 160 valence electrons. The second kappa shape index (κ2) is 8.23. The lowest BCUT2D eigenvalue weighted by atomic mass is 9.87. The Morgan fingerprint density at radius 1 is 1.27 bits per heavy atom. The van der Waals surface area contributed by atoms with Gasteiger partial charge < -0.3 is 20.1 Å². The van der Waals surface area contributed by atoms with Crippen LogP contribution >= 0.6 is 23.2 Å². The number of rotatable bonds is 4. The number of ether oxygens (including phenoxy) is 2. The van der Waals surface area contributed by atoms with Crippen LogP contribution in [0.2, 0.25) is 10.0 Å². The summed E-state index contributed by atoms with van der Waals surface area (Å²) in [4.78, 5) is 29.2. The summed E-state index contributed by atoms with van der Waals surface area (Å²) in [6, 6.07) is 2.38. The molecule has 7 nitrogen and oxygen atoms in total. The number of fused-ring (bicyclic) bond motifs is 1. The summed E-state index contributed by atoms with van der Waals surface area (Å²) in [7, 11) is 0. The smallest absolute Gasteiger partial charge is 0.387 e. The van der Waals surface area contributed by atoms with E-state index in [2.05, 4.69) is 20.4 Å². The van der Waals surface area contributed by atoms with Crippen molar-refractivity contribution >= 4 is 46.4 Å². The molecule has 2 amide bonds. The first-order valence-corrected chi connectivity index (χ1v) is 9.44. The van der Waals surface area contributed by atoms with Gasteiger partial charge in [0, 0.05) is 17.8 Å². The Labute approximate surface area is 180 Å². The van der Waals surface area contributed by atoms with Crippen molar-refractivity contribution in [1.82, 2.24) is 4.98 Å². The van der Waals surface area contributed by atoms with E-state index in [0.29, 0.717) is 0 Å². The molecule has 1 aromatic carbocycles. The van der Waals surface area contributed by atoms with Crippen molar-refractivity contribution in [2.75, 3.05) is 10.6 Å². The van der Waals surface area contributed by atoms with Crippen molar-refractivity contribution in [2.45, 2.75) is 33.5 Å². The van der Waals surface area contributed by atoms with Gasteiger partial charge in [0.25, 0.3) is 11.8 Å². The molecule has 1 aromatic heterocycles. The molecule has 1 atom stereocenters. The van der Waals surface area contributed by atoms with Gasteiger partial charge in [0.15, 0.2) is 17.6 Å². The predicted octanol–water partition coefficient (Wildman–Crippen LogP) is 4.99. The highest BCUT2D eigenvalue weighted by Crippen LogP contribution is 2.44. The fourth-order valence-electron chi connectivity index (χ4n) is 2.82. The molecule has 11 heteroatoms. The Kier molecular flexibility index (Phi) is 6.05. The zero-order valence-electron chi connectivity index (χ0n) is 16.1. The number of amides is 2. The van der Waals surface area contributed by atoms with Gasteiger partial charge in [-0.05, 0) is 12.1 Å². The number of carbonyl (C=O) groups excluding carboxylic acids is 2. The van der Waals surface area contributed by atoms with Crippen molar-refractivity contribution in [3.63, 3.8) is 0 Å². The van der Waals surface area contributed by atoms with Crippen LogP contribution in [0.15, 0.2) is 24.5 Å². The van der Waals surface area contributed by atoms with Crippen LogP contribution in [0.3, 0.4) is 0 Å². The fourth-order valence-corrected chi connectivity index (χ4v) is 3.28. The van der Waals surface area contributed by atoms with Gasteiger partial charge in [-0.15, -0.1) is 0 Å². The summed E-state index contributed by atoms with van der Waals surface area (Å²) in [6.45, 7) is 2.12. The first-order chi connectivity index (χ1) is 14.0. The second-order valence-corrected chi connectivity index (χ2v) is 8.29. The van der Waals surface area contributed by atoms with Gasteiger partial charge in [0.1, 0.15) is 5.69 Å². The Balaban J connectivity index is 2.05. The number of aromatic nitrogens is 1. The van der Waals surface area contributed by atoms with Crippen LogP contribution in [0.25, 0.3) is 0 Å². The molecule has 0 saturated carbocycles. The maximum atomic E-state index is 12.9. The molecule has 0 saturated heterocycles. The highest BCUT2D eigenvalue weighted by Gasteiger charge is 2.40. The monoisotopic (exact) mass is 459 g/mol. The molecule has 0 bridgehead atoms. The van der Waals surface area contributed by atoms with Gasteiger partial charge in [-0.3, -0.25) is 14.6 Å². The maximum absolute atomic E-state index is 12.9. The minimum atomic E-state index is -3.13. The largest absolute Gasteiger partial charge is 0.474 e. The van der Waals surface area contributed by atoms with Crippen molar-refractivity contribution in [1.29, 1.82) is 0 Å². The molecule has 2 heterocycles. The van der Waals surface area contributed by atoms with Crippen LogP contribution in [0.4, 0.5) is 20.2 Å². The first kappa shape index (κ1) is 22.0.